The normalized spacial score (nSPS) is 24.0. The van der Waals surface area contributed by atoms with Gasteiger partial charge in [-0.1, -0.05) is 12.2 Å². The Morgan fingerprint density at radius 2 is 1.21 bits per heavy atom. The van der Waals surface area contributed by atoms with E-state index < -0.39 is 0 Å². The smallest absolute Gasteiger partial charge is 0.126 e. The summed E-state index contributed by atoms with van der Waals surface area (Å²) in [6.07, 6.45) is 18.3. The lowest BCUT2D eigenvalue weighted by Gasteiger charge is -2.04. The van der Waals surface area contributed by atoms with Gasteiger partial charge < -0.3 is 9.47 Å². The Hall–Kier alpha value is -1.96. The maximum absolute atomic E-state index is 5.22. The van der Waals surface area contributed by atoms with E-state index in [4.69, 9.17) is 9.47 Å². The predicted octanol–water partition coefficient (Wildman–Crippen LogP) is 2.95. The van der Waals surface area contributed by atoms with Gasteiger partial charge in [-0.2, -0.15) is 0 Å². The molecule has 2 aliphatic heterocycles. The molecule has 14 heavy (non-hydrogen) atoms. The van der Waals surface area contributed by atoms with Crippen LogP contribution in [0, 0.1) is 0 Å². The van der Waals surface area contributed by atoms with Gasteiger partial charge in [0.05, 0.1) is 12.5 Å². The molecule has 2 aliphatic rings. The highest BCUT2D eigenvalue weighted by Gasteiger charge is 1.95. The Labute approximate surface area is 82.8 Å². The first kappa shape index (κ1) is 8.63. The van der Waals surface area contributed by atoms with Crippen molar-refractivity contribution in [2.75, 3.05) is 0 Å². The SMILES string of the molecule is C1=COC(=CC=C2C=CC=CO2)C=C1. The first-order valence-corrected chi connectivity index (χ1v) is 4.37. The summed E-state index contributed by atoms with van der Waals surface area (Å²) in [5.74, 6) is 1.60. The van der Waals surface area contributed by atoms with E-state index in [1.807, 2.05) is 48.6 Å². The van der Waals surface area contributed by atoms with E-state index in [-0.39, 0.29) is 0 Å². The lowest BCUT2D eigenvalue weighted by molar-refractivity contribution is 0.358. The Kier molecular flexibility index (Phi) is 2.67. The summed E-state index contributed by atoms with van der Waals surface area (Å²) in [7, 11) is 0. The molecular weight excluding hydrogens is 176 g/mol. The van der Waals surface area contributed by atoms with E-state index in [1.165, 1.54) is 0 Å². The number of rotatable bonds is 1. The van der Waals surface area contributed by atoms with Crippen LogP contribution in [0.2, 0.25) is 0 Å². The maximum Gasteiger partial charge on any atom is 0.126 e. The summed E-state index contributed by atoms with van der Waals surface area (Å²) in [5.41, 5.74) is 0. The van der Waals surface area contributed by atoms with Crippen LogP contribution in [-0.4, -0.2) is 0 Å². The standard InChI is InChI=1S/C12H10O2/c1-3-9-13-11(5-1)7-8-12-6-2-4-10-14-12/h1-10H. The van der Waals surface area contributed by atoms with Crippen LogP contribution in [0.1, 0.15) is 0 Å². The molecule has 0 aliphatic carbocycles. The Morgan fingerprint density at radius 1 is 0.714 bits per heavy atom. The molecule has 0 unspecified atom stereocenters. The van der Waals surface area contributed by atoms with Crippen molar-refractivity contribution in [3.05, 3.63) is 72.7 Å². The van der Waals surface area contributed by atoms with Crippen LogP contribution in [0.5, 0.6) is 0 Å². The molecule has 2 heterocycles. The number of ether oxygens (including phenoxy) is 2. The molecule has 2 heteroatoms. The minimum atomic E-state index is 0.798. The molecule has 2 nitrogen and oxygen atoms in total. The van der Waals surface area contributed by atoms with E-state index in [2.05, 4.69) is 0 Å². The van der Waals surface area contributed by atoms with E-state index in [0.29, 0.717) is 0 Å². The van der Waals surface area contributed by atoms with Gasteiger partial charge in [-0.25, -0.2) is 0 Å². The first-order chi connectivity index (χ1) is 6.95. The van der Waals surface area contributed by atoms with Gasteiger partial charge in [0.1, 0.15) is 11.5 Å². The van der Waals surface area contributed by atoms with Gasteiger partial charge in [0, 0.05) is 0 Å². The fraction of sp³-hybridized carbons (Fsp3) is 0. The van der Waals surface area contributed by atoms with E-state index in [9.17, 15) is 0 Å². The number of allylic oxidation sites excluding steroid dienone is 8. The van der Waals surface area contributed by atoms with Crippen LogP contribution < -0.4 is 0 Å². The highest BCUT2D eigenvalue weighted by molar-refractivity contribution is 5.30. The maximum atomic E-state index is 5.22. The van der Waals surface area contributed by atoms with Crippen molar-refractivity contribution < 1.29 is 9.47 Å². The summed E-state index contributed by atoms with van der Waals surface area (Å²) >= 11 is 0. The van der Waals surface area contributed by atoms with Crippen LogP contribution in [0.25, 0.3) is 0 Å². The average Bonchev–Trinajstić information content (AvgIpc) is 2.29. The van der Waals surface area contributed by atoms with Crippen molar-refractivity contribution in [3.63, 3.8) is 0 Å². The molecule has 0 amide bonds. The first-order valence-electron chi connectivity index (χ1n) is 4.37. The van der Waals surface area contributed by atoms with Gasteiger partial charge in [-0.3, -0.25) is 0 Å². The Balaban J connectivity index is 2.04. The summed E-state index contributed by atoms with van der Waals surface area (Å²) in [6.45, 7) is 0. The molecule has 0 aromatic heterocycles. The van der Waals surface area contributed by atoms with Gasteiger partial charge in [0.15, 0.2) is 0 Å². The fourth-order valence-electron chi connectivity index (χ4n) is 1.06. The van der Waals surface area contributed by atoms with Gasteiger partial charge in [-0.15, -0.1) is 0 Å². The number of hydrogen-bond donors (Lipinski definition) is 0. The van der Waals surface area contributed by atoms with Crippen molar-refractivity contribution in [2.24, 2.45) is 0 Å². The van der Waals surface area contributed by atoms with Gasteiger partial charge >= 0.3 is 0 Å². The molecule has 0 atom stereocenters. The Morgan fingerprint density at radius 3 is 1.57 bits per heavy atom. The van der Waals surface area contributed by atoms with Crippen molar-refractivity contribution in [1.82, 2.24) is 0 Å². The largest absolute Gasteiger partial charge is 0.465 e. The minimum absolute atomic E-state index is 0.798. The zero-order valence-electron chi connectivity index (χ0n) is 7.59. The monoisotopic (exact) mass is 186 g/mol. The fourth-order valence-corrected chi connectivity index (χ4v) is 1.06. The molecule has 70 valence electrons. The second kappa shape index (κ2) is 4.33. The molecule has 0 saturated carbocycles. The molecule has 0 saturated heterocycles. The third-order valence-corrected chi connectivity index (χ3v) is 1.72. The van der Waals surface area contributed by atoms with E-state index >= 15 is 0 Å². The minimum Gasteiger partial charge on any atom is -0.465 e. The average molecular weight is 186 g/mol. The highest BCUT2D eigenvalue weighted by atomic mass is 16.5. The molecular formula is C12H10O2. The van der Waals surface area contributed by atoms with Crippen LogP contribution in [-0.2, 0) is 9.47 Å². The predicted molar refractivity (Wildman–Crippen MR) is 54.9 cm³/mol. The summed E-state index contributed by atoms with van der Waals surface area (Å²) in [5, 5.41) is 0. The number of hydrogen-bond acceptors (Lipinski definition) is 2. The Bertz CT molecular complexity index is 341. The molecule has 0 aromatic carbocycles. The molecule has 0 N–H and O–H groups in total. The van der Waals surface area contributed by atoms with Crippen molar-refractivity contribution in [1.29, 1.82) is 0 Å². The summed E-state index contributed by atoms with van der Waals surface area (Å²) < 4.78 is 10.4. The molecule has 0 aromatic rings. The van der Waals surface area contributed by atoms with Crippen molar-refractivity contribution in [2.45, 2.75) is 0 Å². The van der Waals surface area contributed by atoms with Gasteiger partial charge in [-0.05, 0) is 36.5 Å². The summed E-state index contributed by atoms with van der Waals surface area (Å²) in [6, 6.07) is 0. The lowest BCUT2D eigenvalue weighted by Crippen LogP contribution is -1.86. The molecule has 0 radical (unpaired) electrons. The quantitative estimate of drug-likeness (QED) is 0.626. The van der Waals surface area contributed by atoms with Gasteiger partial charge in [0.2, 0.25) is 0 Å². The van der Waals surface area contributed by atoms with Crippen molar-refractivity contribution >= 4 is 0 Å². The third-order valence-electron chi connectivity index (χ3n) is 1.72. The van der Waals surface area contributed by atoms with Crippen molar-refractivity contribution in [3.8, 4) is 0 Å². The topological polar surface area (TPSA) is 18.5 Å². The third kappa shape index (κ3) is 2.26. The molecule has 0 fully saturated rings. The van der Waals surface area contributed by atoms with Crippen LogP contribution in [0.3, 0.4) is 0 Å². The summed E-state index contributed by atoms with van der Waals surface area (Å²) in [4.78, 5) is 0. The van der Waals surface area contributed by atoms with Crippen LogP contribution in [0.15, 0.2) is 72.7 Å². The molecule has 0 bridgehead atoms. The van der Waals surface area contributed by atoms with E-state index in [1.54, 1.807) is 12.5 Å². The van der Waals surface area contributed by atoms with Crippen LogP contribution >= 0.6 is 0 Å². The highest BCUT2D eigenvalue weighted by Crippen LogP contribution is 2.10. The molecule has 0 spiro atoms. The zero-order valence-corrected chi connectivity index (χ0v) is 7.59. The second-order valence-corrected chi connectivity index (χ2v) is 2.75. The second-order valence-electron chi connectivity index (χ2n) is 2.75. The zero-order chi connectivity index (χ0) is 9.64. The van der Waals surface area contributed by atoms with Crippen LogP contribution in [0.4, 0.5) is 0 Å². The van der Waals surface area contributed by atoms with E-state index in [0.717, 1.165) is 11.5 Å². The van der Waals surface area contributed by atoms with Gasteiger partial charge in [0.25, 0.3) is 0 Å². The lowest BCUT2D eigenvalue weighted by atomic mass is 10.3. The molecule has 2 rings (SSSR count).